The molecule has 7 nitrogen and oxygen atoms in total. The summed E-state index contributed by atoms with van der Waals surface area (Å²) in [6.45, 7) is 2.60. The number of carbonyl (C=O) groups excluding carboxylic acids is 1. The molecule has 8 heteroatoms. The molecule has 0 saturated carbocycles. The van der Waals surface area contributed by atoms with Gasteiger partial charge < -0.3 is 15.3 Å². The van der Waals surface area contributed by atoms with Gasteiger partial charge in [-0.3, -0.25) is 4.79 Å². The summed E-state index contributed by atoms with van der Waals surface area (Å²) in [6, 6.07) is -0.301. The predicted molar refractivity (Wildman–Crippen MR) is 76.8 cm³/mol. The van der Waals surface area contributed by atoms with Gasteiger partial charge in [0.05, 0.1) is 16.4 Å². The minimum atomic E-state index is -3.05. The van der Waals surface area contributed by atoms with E-state index in [4.69, 9.17) is 5.11 Å². The van der Waals surface area contributed by atoms with E-state index in [1.165, 1.54) is 0 Å². The van der Waals surface area contributed by atoms with Crippen LogP contribution < -0.4 is 5.32 Å². The number of aliphatic carboxylic acids is 1. The lowest BCUT2D eigenvalue weighted by Gasteiger charge is -2.36. The van der Waals surface area contributed by atoms with Gasteiger partial charge >= 0.3 is 12.0 Å². The third-order valence-corrected chi connectivity index (χ3v) is 6.89. The van der Waals surface area contributed by atoms with Gasteiger partial charge in [-0.2, -0.15) is 0 Å². The Kier molecular flexibility index (Phi) is 4.46. The van der Waals surface area contributed by atoms with Crippen LogP contribution in [0.4, 0.5) is 4.79 Å². The fourth-order valence-electron chi connectivity index (χ4n) is 2.82. The second-order valence-electron chi connectivity index (χ2n) is 6.17. The molecule has 2 amide bonds. The Balaban J connectivity index is 1.82. The lowest BCUT2D eigenvalue weighted by atomic mass is 9.80. The van der Waals surface area contributed by atoms with Crippen molar-refractivity contribution < 1.29 is 23.1 Å². The number of nitrogens with zero attached hydrogens (tertiary/aromatic N) is 1. The molecule has 0 bridgehead atoms. The van der Waals surface area contributed by atoms with Crippen LogP contribution in [0.5, 0.6) is 0 Å². The lowest BCUT2D eigenvalue weighted by Crippen LogP contribution is -2.50. The van der Waals surface area contributed by atoms with Crippen molar-refractivity contribution in [3.8, 4) is 0 Å². The van der Waals surface area contributed by atoms with Crippen LogP contribution in [0.2, 0.25) is 0 Å². The SMILES string of the molecule is CC1(C(=O)O)CCN(C(=O)NCC2CCCS2(=O)=O)CC1. The van der Waals surface area contributed by atoms with Crippen LogP contribution in [0.25, 0.3) is 0 Å². The van der Waals surface area contributed by atoms with Crippen LogP contribution in [0.15, 0.2) is 0 Å². The molecular weight excluding hydrogens is 296 g/mol. The highest BCUT2D eigenvalue weighted by Gasteiger charge is 2.38. The molecule has 2 heterocycles. The Labute approximate surface area is 124 Å². The number of carbonyl (C=O) groups is 2. The zero-order valence-corrected chi connectivity index (χ0v) is 13.0. The van der Waals surface area contributed by atoms with Gasteiger partial charge in [0.15, 0.2) is 9.84 Å². The van der Waals surface area contributed by atoms with Gasteiger partial charge in [-0.15, -0.1) is 0 Å². The molecule has 2 fully saturated rings. The van der Waals surface area contributed by atoms with Crippen LogP contribution >= 0.6 is 0 Å². The molecule has 2 aliphatic rings. The molecule has 2 rings (SSSR count). The second kappa shape index (κ2) is 5.82. The number of hydrogen-bond donors (Lipinski definition) is 2. The second-order valence-corrected chi connectivity index (χ2v) is 8.57. The number of rotatable bonds is 3. The first-order chi connectivity index (χ1) is 9.74. The van der Waals surface area contributed by atoms with E-state index in [0.717, 1.165) is 0 Å². The molecule has 0 aromatic rings. The van der Waals surface area contributed by atoms with E-state index in [-0.39, 0.29) is 18.3 Å². The van der Waals surface area contributed by atoms with Crippen LogP contribution in [0.1, 0.15) is 32.6 Å². The maximum Gasteiger partial charge on any atom is 0.317 e. The highest BCUT2D eigenvalue weighted by molar-refractivity contribution is 7.92. The first kappa shape index (κ1) is 16.1. The van der Waals surface area contributed by atoms with Crippen molar-refractivity contribution in [2.75, 3.05) is 25.4 Å². The molecule has 0 spiro atoms. The number of carboxylic acids is 1. The van der Waals surface area contributed by atoms with Gasteiger partial charge in [0.25, 0.3) is 0 Å². The van der Waals surface area contributed by atoms with Crippen molar-refractivity contribution in [3.05, 3.63) is 0 Å². The summed E-state index contributed by atoms with van der Waals surface area (Å²) in [6.07, 6.45) is 2.08. The van der Waals surface area contributed by atoms with Crippen LogP contribution in [-0.2, 0) is 14.6 Å². The third-order valence-electron chi connectivity index (χ3n) is 4.61. The summed E-state index contributed by atoms with van der Waals surface area (Å²) in [5, 5.41) is 11.3. The Morgan fingerprint density at radius 2 is 1.95 bits per heavy atom. The molecule has 0 aromatic heterocycles. The van der Waals surface area contributed by atoms with Crippen LogP contribution in [0, 0.1) is 5.41 Å². The van der Waals surface area contributed by atoms with E-state index >= 15 is 0 Å². The number of carboxylic acid groups (broad SMARTS) is 1. The molecule has 120 valence electrons. The van der Waals surface area contributed by atoms with E-state index in [0.29, 0.717) is 38.8 Å². The zero-order valence-electron chi connectivity index (χ0n) is 12.2. The fourth-order valence-corrected chi connectivity index (χ4v) is 4.58. The number of nitrogens with one attached hydrogen (secondary N) is 1. The van der Waals surface area contributed by atoms with Gasteiger partial charge in [-0.05, 0) is 32.6 Å². The molecule has 0 aliphatic carbocycles. The van der Waals surface area contributed by atoms with E-state index in [1.807, 2.05) is 0 Å². The average molecular weight is 318 g/mol. The summed E-state index contributed by atoms with van der Waals surface area (Å²) >= 11 is 0. The monoisotopic (exact) mass is 318 g/mol. The number of piperidine rings is 1. The molecule has 2 N–H and O–H groups in total. The summed E-state index contributed by atoms with van der Waals surface area (Å²) in [4.78, 5) is 24.7. The lowest BCUT2D eigenvalue weighted by molar-refractivity contribution is -0.150. The Morgan fingerprint density at radius 3 is 2.43 bits per heavy atom. The molecule has 21 heavy (non-hydrogen) atoms. The van der Waals surface area contributed by atoms with Crippen LogP contribution in [-0.4, -0.2) is 61.1 Å². The normalized spacial score (nSPS) is 27.3. The largest absolute Gasteiger partial charge is 0.481 e. The topological polar surface area (TPSA) is 104 Å². The molecule has 0 aromatic carbocycles. The van der Waals surface area contributed by atoms with E-state index in [9.17, 15) is 18.0 Å². The van der Waals surface area contributed by atoms with E-state index in [2.05, 4.69) is 5.32 Å². The fraction of sp³-hybridized carbons (Fsp3) is 0.846. The van der Waals surface area contributed by atoms with Crippen molar-refractivity contribution in [2.45, 2.75) is 37.9 Å². The number of likely N-dealkylation sites (tertiary alicyclic amines) is 1. The maximum absolute atomic E-state index is 12.0. The minimum Gasteiger partial charge on any atom is -0.481 e. The minimum absolute atomic E-state index is 0.147. The van der Waals surface area contributed by atoms with Gasteiger partial charge in [0.2, 0.25) is 0 Å². The summed E-state index contributed by atoms with van der Waals surface area (Å²) < 4.78 is 23.4. The smallest absolute Gasteiger partial charge is 0.317 e. The van der Waals surface area contributed by atoms with Crippen molar-refractivity contribution >= 4 is 21.8 Å². The summed E-state index contributed by atoms with van der Waals surface area (Å²) in [7, 11) is -3.05. The summed E-state index contributed by atoms with van der Waals surface area (Å²) in [5.74, 6) is -0.631. The van der Waals surface area contributed by atoms with Gasteiger partial charge in [-0.1, -0.05) is 0 Å². The number of urea groups is 1. The first-order valence-electron chi connectivity index (χ1n) is 7.22. The third kappa shape index (κ3) is 3.48. The Morgan fingerprint density at radius 1 is 1.33 bits per heavy atom. The van der Waals surface area contributed by atoms with Gasteiger partial charge in [0, 0.05) is 19.6 Å². The quantitative estimate of drug-likeness (QED) is 0.787. The number of amides is 2. The van der Waals surface area contributed by atoms with Crippen molar-refractivity contribution in [2.24, 2.45) is 5.41 Å². The van der Waals surface area contributed by atoms with E-state index < -0.39 is 26.5 Å². The average Bonchev–Trinajstić information content (AvgIpc) is 2.75. The standard InChI is InChI=1S/C13H22N2O5S/c1-13(11(16)17)4-6-15(7-5-13)12(18)14-9-10-3-2-8-21(10,19)20/h10H,2-9H2,1H3,(H,14,18)(H,16,17). The maximum atomic E-state index is 12.0. The van der Waals surface area contributed by atoms with Crippen LogP contribution in [0.3, 0.4) is 0 Å². The van der Waals surface area contributed by atoms with Gasteiger partial charge in [-0.25, -0.2) is 13.2 Å². The Hall–Kier alpha value is -1.31. The highest BCUT2D eigenvalue weighted by Crippen LogP contribution is 2.31. The van der Waals surface area contributed by atoms with Gasteiger partial charge in [0.1, 0.15) is 0 Å². The van der Waals surface area contributed by atoms with Crippen molar-refractivity contribution in [3.63, 3.8) is 0 Å². The molecule has 2 aliphatic heterocycles. The molecule has 1 unspecified atom stereocenters. The van der Waals surface area contributed by atoms with E-state index in [1.54, 1.807) is 11.8 Å². The molecular formula is C13H22N2O5S. The van der Waals surface area contributed by atoms with Crippen molar-refractivity contribution in [1.29, 1.82) is 0 Å². The molecule has 1 atom stereocenters. The predicted octanol–water partition coefficient (Wildman–Crippen LogP) is 0.460. The molecule has 0 radical (unpaired) electrons. The zero-order chi connectivity index (χ0) is 15.7. The highest BCUT2D eigenvalue weighted by atomic mass is 32.2. The number of hydrogen-bond acceptors (Lipinski definition) is 4. The van der Waals surface area contributed by atoms with Crippen molar-refractivity contribution in [1.82, 2.24) is 10.2 Å². The molecule has 2 saturated heterocycles. The first-order valence-corrected chi connectivity index (χ1v) is 8.94. The number of sulfone groups is 1. The Bertz CT molecular complexity index is 523. The summed E-state index contributed by atoms with van der Waals surface area (Å²) in [5.41, 5.74) is -0.772.